The molecule has 2 N–H and O–H groups in total. The number of rotatable bonds is 8. The smallest absolute Gasteiger partial charge is 0.348 e. The second-order valence-electron chi connectivity index (χ2n) is 7.28. The highest BCUT2D eigenvalue weighted by Gasteiger charge is 2.25. The van der Waals surface area contributed by atoms with E-state index in [-0.39, 0.29) is 20.7 Å². The molecule has 0 fully saturated rings. The Balaban J connectivity index is 1.80. The minimum Gasteiger partial charge on any atom is -0.497 e. The summed E-state index contributed by atoms with van der Waals surface area (Å²) in [6.45, 7) is 1.60. The number of nitrogens with one attached hydrogen (secondary N) is 2. The van der Waals surface area contributed by atoms with Gasteiger partial charge in [0.2, 0.25) is 0 Å². The van der Waals surface area contributed by atoms with Crippen molar-refractivity contribution in [3.05, 3.63) is 59.0 Å². The minimum atomic E-state index is -4.11. The molecule has 10 nitrogen and oxygen atoms in total. The van der Waals surface area contributed by atoms with Gasteiger partial charge in [0.1, 0.15) is 20.6 Å². The average Bonchev–Trinajstić information content (AvgIpc) is 3.26. The molecule has 2 aromatic heterocycles. The number of thiophene rings is 1. The van der Waals surface area contributed by atoms with Crippen LogP contribution in [0.2, 0.25) is 0 Å². The minimum absolute atomic E-state index is 0.0269. The fourth-order valence-corrected chi connectivity index (χ4v) is 5.93. The molecule has 0 bridgehead atoms. The number of sulfonamides is 1. The van der Waals surface area contributed by atoms with Crippen molar-refractivity contribution >= 4 is 55.7 Å². The zero-order chi connectivity index (χ0) is 25.2. The number of nitrogens with zero attached hydrogens (tertiary/aromatic N) is 2. The third-order valence-electron chi connectivity index (χ3n) is 4.96. The van der Waals surface area contributed by atoms with Gasteiger partial charge in [-0.15, -0.1) is 11.3 Å². The highest BCUT2D eigenvalue weighted by molar-refractivity contribution is 7.94. The fourth-order valence-electron chi connectivity index (χ4n) is 3.30. The number of carbonyl (C=O) groups is 1. The number of methoxy groups -OCH3 is 3. The molecule has 2 heterocycles. The molecule has 0 atom stereocenters. The summed E-state index contributed by atoms with van der Waals surface area (Å²) < 4.78 is 44.5. The van der Waals surface area contributed by atoms with Crippen LogP contribution in [0.25, 0.3) is 11.0 Å². The van der Waals surface area contributed by atoms with Gasteiger partial charge in [-0.1, -0.05) is 12.1 Å². The lowest BCUT2D eigenvalue weighted by Crippen LogP contribution is -2.16. The molecule has 0 aliphatic carbocycles. The second kappa shape index (κ2) is 9.76. The maximum Gasteiger partial charge on any atom is 0.348 e. The van der Waals surface area contributed by atoms with E-state index < -0.39 is 16.0 Å². The van der Waals surface area contributed by atoms with E-state index in [1.165, 1.54) is 27.4 Å². The van der Waals surface area contributed by atoms with Gasteiger partial charge in [-0.3, -0.25) is 4.72 Å². The van der Waals surface area contributed by atoms with Crippen molar-refractivity contribution in [2.75, 3.05) is 31.4 Å². The van der Waals surface area contributed by atoms with E-state index in [0.29, 0.717) is 33.8 Å². The summed E-state index contributed by atoms with van der Waals surface area (Å²) in [6, 6.07) is 13.7. The van der Waals surface area contributed by atoms with E-state index in [9.17, 15) is 13.2 Å². The predicted molar refractivity (Wildman–Crippen MR) is 134 cm³/mol. The van der Waals surface area contributed by atoms with Crippen LogP contribution < -0.4 is 19.5 Å². The summed E-state index contributed by atoms with van der Waals surface area (Å²) >= 11 is 0.813. The van der Waals surface area contributed by atoms with E-state index in [4.69, 9.17) is 14.2 Å². The van der Waals surface area contributed by atoms with Crippen molar-refractivity contribution in [1.82, 2.24) is 9.97 Å². The molecule has 0 saturated heterocycles. The Morgan fingerprint density at radius 1 is 0.943 bits per heavy atom. The molecule has 0 amide bonds. The molecule has 0 aliphatic rings. The van der Waals surface area contributed by atoms with Gasteiger partial charge in [-0.05, 0) is 42.8 Å². The lowest BCUT2D eigenvalue weighted by molar-refractivity contribution is 0.0606. The molecule has 4 rings (SSSR count). The Kier molecular flexibility index (Phi) is 6.76. The summed E-state index contributed by atoms with van der Waals surface area (Å²) in [7, 11) is 0.171. The third kappa shape index (κ3) is 4.98. The van der Waals surface area contributed by atoms with Crippen LogP contribution in [-0.2, 0) is 14.8 Å². The Morgan fingerprint density at radius 2 is 1.63 bits per heavy atom. The van der Waals surface area contributed by atoms with Gasteiger partial charge in [0.15, 0.2) is 11.6 Å². The first kappa shape index (κ1) is 24.2. The molecule has 0 unspecified atom stereocenters. The van der Waals surface area contributed by atoms with Gasteiger partial charge in [-0.25, -0.2) is 23.2 Å². The lowest BCUT2D eigenvalue weighted by atomic mass is 10.2. The van der Waals surface area contributed by atoms with Crippen molar-refractivity contribution in [2.45, 2.75) is 11.1 Å². The molecule has 35 heavy (non-hydrogen) atoms. The number of aryl methyl sites for hydroxylation is 1. The zero-order valence-corrected chi connectivity index (χ0v) is 20.9. The lowest BCUT2D eigenvalue weighted by Gasteiger charge is -2.16. The van der Waals surface area contributed by atoms with Crippen molar-refractivity contribution in [2.24, 2.45) is 0 Å². The van der Waals surface area contributed by atoms with E-state index in [2.05, 4.69) is 20.0 Å². The molecule has 12 heteroatoms. The Bertz CT molecular complexity index is 1520. The third-order valence-corrected chi connectivity index (χ3v) is 8.16. The normalized spacial score (nSPS) is 11.2. The van der Waals surface area contributed by atoms with E-state index in [0.717, 1.165) is 11.3 Å². The fraction of sp³-hybridized carbons (Fsp3) is 0.174. The van der Waals surface area contributed by atoms with Gasteiger partial charge < -0.3 is 19.5 Å². The number of ether oxygens (including phenoxy) is 3. The number of aromatic nitrogens is 2. The van der Waals surface area contributed by atoms with Gasteiger partial charge in [0.25, 0.3) is 10.0 Å². The SMILES string of the molecule is COC(=O)c1cc(C)c(S(=O)(=O)Nc2nc3ccccc3nc2Nc2cc(OC)ccc2OC)s1. The number of hydrogen-bond acceptors (Lipinski definition) is 10. The average molecular weight is 515 g/mol. The van der Waals surface area contributed by atoms with Crippen LogP contribution in [0.1, 0.15) is 15.2 Å². The molecule has 182 valence electrons. The zero-order valence-electron chi connectivity index (χ0n) is 19.3. The maximum absolute atomic E-state index is 13.3. The summed E-state index contributed by atoms with van der Waals surface area (Å²) in [5.74, 6) is 0.569. The topological polar surface area (TPSA) is 129 Å². The van der Waals surface area contributed by atoms with Gasteiger partial charge in [-0.2, -0.15) is 0 Å². The Labute approximate surface area is 205 Å². The Hall–Kier alpha value is -3.90. The number of hydrogen-bond donors (Lipinski definition) is 2. The van der Waals surface area contributed by atoms with Crippen LogP contribution in [0.15, 0.2) is 52.7 Å². The van der Waals surface area contributed by atoms with E-state index in [1.54, 1.807) is 49.4 Å². The Morgan fingerprint density at radius 3 is 2.26 bits per heavy atom. The molecule has 0 radical (unpaired) electrons. The van der Waals surface area contributed by atoms with Gasteiger partial charge in [0, 0.05) is 6.07 Å². The first-order valence-electron chi connectivity index (χ1n) is 10.2. The molecule has 0 aliphatic heterocycles. The number of fused-ring (bicyclic) bond motifs is 1. The van der Waals surface area contributed by atoms with E-state index in [1.807, 2.05) is 0 Å². The van der Waals surface area contributed by atoms with Crippen molar-refractivity contribution in [3.63, 3.8) is 0 Å². The van der Waals surface area contributed by atoms with Crippen molar-refractivity contribution < 1.29 is 27.4 Å². The maximum atomic E-state index is 13.3. The molecule has 0 saturated carbocycles. The van der Waals surface area contributed by atoms with Crippen LogP contribution in [0.3, 0.4) is 0 Å². The molecule has 0 spiro atoms. The highest BCUT2D eigenvalue weighted by Crippen LogP contribution is 2.35. The molecule has 2 aromatic carbocycles. The van der Waals surface area contributed by atoms with Crippen LogP contribution in [0, 0.1) is 6.92 Å². The summed E-state index contributed by atoms with van der Waals surface area (Å²) in [4.78, 5) is 21.1. The quantitative estimate of drug-likeness (QED) is 0.330. The van der Waals surface area contributed by atoms with Gasteiger partial charge in [0.05, 0.1) is 38.1 Å². The number of benzene rings is 2. The first-order chi connectivity index (χ1) is 16.7. The van der Waals surface area contributed by atoms with Crippen LogP contribution in [0.5, 0.6) is 11.5 Å². The second-order valence-corrected chi connectivity index (χ2v) is 10.2. The highest BCUT2D eigenvalue weighted by atomic mass is 32.2. The van der Waals surface area contributed by atoms with Crippen LogP contribution in [0.4, 0.5) is 17.3 Å². The van der Waals surface area contributed by atoms with Crippen LogP contribution in [-0.4, -0.2) is 45.7 Å². The summed E-state index contributed by atoms with van der Waals surface area (Å²) in [5, 5.41) is 3.10. The van der Waals surface area contributed by atoms with Crippen LogP contribution >= 0.6 is 11.3 Å². The molecular weight excluding hydrogens is 492 g/mol. The standard InChI is InChI=1S/C23H22N4O6S2/c1-13-11-19(22(28)33-4)34-23(13)35(29,30)27-21-20(24-15-7-5-6-8-16(15)25-21)26-17-12-14(31-2)9-10-18(17)32-3/h5-12H,1-4H3,(H,24,26)(H,25,27). The largest absolute Gasteiger partial charge is 0.497 e. The number of anilines is 3. The van der Waals surface area contributed by atoms with Crippen molar-refractivity contribution in [1.29, 1.82) is 0 Å². The number of carbonyl (C=O) groups excluding carboxylic acids is 1. The first-order valence-corrected chi connectivity index (χ1v) is 12.5. The predicted octanol–water partition coefficient (Wildman–Crippen LogP) is 4.35. The summed E-state index contributed by atoms with van der Waals surface area (Å²) in [6.07, 6.45) is 0. The number of para-hydroxylation sites is 2. The molecular formula is C23H22N4O6S2. The monoisotopic (exact) mass is 514 g/mol. The van der Waals surface area contributed by atoms with E-state index >= 15 is 0 Å². The number of esters is 1. The summed E-state index contributed by atoms with van der Waals surface area (Å²) in [5.41, 5.74) is 1.95. The molecule has 4 aromatic rings. The van der Waals surface area contributed by atoms with Crippen molar-refractivity contribution in [3.8, 4) is 11.5 Å². The van der Waals surface area contributed by atoms with Gasteiger partial charge >= 0.3 is 5.97 Å².